The van der Waals surface area contributed by atoms with E-state index in [0.29, 0.717) is 18.8 Å². The van der Waals surface area contributed by atoms with Crippen LogP contribution in [0.2, 0.25) is 0 Å². The third kappa shape index (κ3) is 2.61. The van der Waals surface area contributed by atoms with E-state index in [1.165, 1.54) is 12.1 Å². The molecule has 1 aromatic carbocycles. The molecule has 4 heteroatoms. The molecule has 1 aliphatic rings. The van der Waals surface area contributed by atoms with Crippen molar-refractivity contribution in [2.45, 2.75) is 25.2 Å². The van der Waals surface area contributed by atoms with Crippen molar-refractivity contribution in [1.82, 2.24) is 0 Å². The van der Waals surface area contributed by atoms with Crippen molar-refractivity contribution in [2.24, 2.45) is 0 Å². The van der Waals surface area contributed by atoms with Crippen LogP contribution < -0.4 is 4.74 Å². The number of benzene rings is 1. The average molecular weight is 210 g/mol. The molecule has 1 aromatic rings. The summed E-state index contributed by atoms with van der Waals surface area (Å²) in [6.07, 6.45) is 0.384. The van der Waals surface area contributed by atoms with E-state index in [1.54, 1.807) is 12.1 Å². The zero-order valence-corrected chi connectivity index (χ0v) is 8.30. The highest BCUT2D eigenvalue weighted by molar-refractivity contribution is 5.30. The molecule has 0 amide bonds. The second-order valence-electron chi connectivity index (χ2n) is 3.56. The lowest BCUT2D eigenvalue weighted by atomic mass is 10.1. The van der Waals surface area contributed by atoms with Crippen LogP contribution in [0.5, 0.6) is 11.5 Å². The molecule has 15 heavy (non-hydrogen) atoms. The fourth-order valence-electron chi connectivity index (χ4n) is 1.51. The smallest absolute Gasteiger partial charge is 0.226 e. The van der Waals surface area contributed by atoms with Gasteiger partial charge in [-0.3, -0.25) is 0 Å². The molecule has 2 rings (SSSR count). The van der Waals surface area contributed by atoms with Gasteiger partial charge in [-0.05, 0) is 37.1 Å². The number of ether oxygens (including phenoxy) is 2. The van der Waals surface area contributed by atoms with Crippen molar-refractivity contribution >= 4 is 0 Å². The Hall–Kier alpha value is -1.26. The van der Waals surface area contributed by atoms with Gasteiger partial charge in [0.05, 0.1) is 6.61 Å². The molecule has 82 valence electrons. The molecule has 4 nitrogen and oxygen atoms in total. The molecule has 1 heterocycles. The summed E-state index contributed by atoms with van der Waals surface area (Å²) < 4.78 is 10.7. The van der Waals surface area contributed by atoms with Crippen LogP contribution in [0, 0.1) is 0 Å². The monoisotopic (exact) mass is 210 g/mol. The summed E-state index contributed by atoms with van der Waals surface area (Å²) in [4.78, 5) is 0. The van der Waals surface area contributed by atoms with Crippen LogP contribution in [0.1, 0.15) is 12.8 Å². The molecule has 0 saturated carbocycles. The van der Waals surface area contributed by atoms with Crippen LogP contribution in [0.15, 0.2) is 24.3 Å². The normalized spacial score (nSPS) is 26.2. The lowest BCUT2D eigenvalue weighted by molar-refractivity contribution is -0.170. The Labute approximate surface area is 88.1 Å². The fourth-order valence-corrected chi connectivity index (χ4v) is 1.51. The zero-order valence-electron chi connectivity index (χ0n) is 8.30. The van der Waals surface area contributed by atoms with Gasteiger partial charge in [0.2, 0.25) is 6.29 Å². The lowest BCUT2D eigenvalue weighted by Gasteiger charge is -2.28. The Morgan fingerprint density at radius 3 is 2.67 bits per heavy atom. The molecule has 1 aliphatic heterocycles. The van der Waals surface area contributed by atoms with Gasteiger partial charge in [-0.15, -0.1) is 0 Å². The summed E-state index contributed by atoms with van der Waals surface area (Å²) in [7, 11) is 0. The van der Waals surface area contributed by atoms with Gasteiger partial charge in [0, 0.05) is 0 Å². The van der Waals surface area contributed by atoms with Crippen molar-refractivity contribution in [1.29, 1.82) is 0 Å². The van der Waals surface area contributed by atoms with Gasteiger partial charge in [0.25, 0.3) is 0 Å². The minimum Gasteiger partial charge on any atom is -0.508 e. The Kier molecular flexibility index (Phi) is 3.08. The van der Waals surface area contributed by atoms with Gasteiger partial charge in [0.1, 0.15) is 17.6 Å². The topological polar surface area (TPSA) is 58.9 Å². The van der Waals surface area contributed by atoms with Crippen LogP contribution in [0.4, 0.5) is 0 Å². The molecule has 0 aliphatic carbocycles. The van der Waals surface area contributed by atoms with Crippen molar-refractivity contribution in [3.63, 3.8) is 0 Å². The number of hydrogen-bond acceptors (Lipinski definition) is 4. The molecule has 2 atom stereocenters. The van der Waals surface area contributed by atoms with Gasteiger partial charge < -0.3 is 19.7 Å². The van der Waals surface area contributed by atoms with Gasteiger partial charge in [-0.25, -0.2) is 0 Å². The van der Waals surface area contributed by atoms with Crippen LogP contribution in [0.25, 0.3) is 0 Å². The second kappa shape index (κ2) is 4.51. The van der Waals surface area contributed by atoms with E-state index in [9.17, 15) is 5.11 Å². The molecule has 1 fully saturated rings. The van der Waals surface area contributed by atoms with E-state index < -0.39 is 12.4 Å². The summed E-state index contributed by atoms with van der Waals surface area (Å²) in [5.41, 5.74) is 0. The summed E-state index contributed by atoms with van der Waals surface area (Å²) in [6.45, 7) is 0.611. The van der Waals surface area contributed by atoms with Crippen LogP contribution in [-0.4, -0.2) is 29.2 Å². The van der Waals surface area contributed by atoms with Crippen LogP contribution >= 0.6 is 0 Å². The van der Waals surface area contributed by atoms with Crippen LogP contribution in [-0.2, 0) is 4.74 Å². The average Bonchev–Trinajstić information content (AvgIpc) is 2.25. The molecular formula is C11H14O4. The Morgan fingerprint density at radius 2 is 2.00 bits per heavy atom. The summed E-state index contributed by atoms with van der Waals surface area (Å²) in [5, 5.41) is 18.7. The predicted octanol–water partition coefficient (Wildman–Crippen LogP) is 1.27. The largest absolute Gasteiger partial charge is 0.508 e. The first-order chi connectivity index (χ1) is 7.25. The number of aliphatic hydroxyl groups is 1. The molecule has 2 unspecified atom stereocenters. The van der Waals surface area contributed by atoms with Crippen LogP contribution in [0.3, 0.4) is 0 Å². The minimum absolute atomic E-state index is 0.187. The predicted molar refractivity (Wildman–Crippen MR) is 53.7 cm³/mol. The Balaban J connectivity index is 1.98. The molecule has 2 N–H and O–H groups in total. The van der Waals surface area contributed by atoms with E-state index in [1.807, 2.05) is 0 Å². The van der Waals surface area contributed by atoms with Crippen molar-refractivity contribution in [3.05, 3.63) is 24.3 Å². The number of phenolic OH excluding ortho intramolecular Hbond substituents is 1. The number of aliphatic hydroxyl groups excluding tert-OH is 1. The maximum atomic E-state index is 9.59. The molecule has 0 radical (unpaired) electrons. The minimum atomic E-state index is -0.594. The highest BCUT2D eigenvalue weighted by atomic mass is 16.7. The van der Waals surface area contributed by atoms with Crippen molar-refractivity contribution < 1.29 is 19.7 Å². The number of rotatable bonds is 2. The second-order valence-corrected chi connectivity index (χ2v) is 3.56. The van der Waals surface area contributed by atoms with Crippen molar-refractivity contribution in [3.8, 4) is 11.5 Å². The maximum absolute atomic E-state index is 9.59. The standard InChI is InChI=1S/C11H14O4/c12-8-3-5-9(6-4-8)15-11-10(13)2-1-7-14-11/h3-6,10-13H,1-2,7H2. The molecule has 0 bridgehead atoms. The van der Waals surface area contributed by atoms with E-state index in [-0.39, 0.29) is 5.75 Å². The Morgan fingerprint density at radius 1 is 1.27 bits per heavy atom. The van der Waals surface area contributed by atoms with Gasteiger partial charge in [-0.1, -0.05) is 0 Å². The number of phenols is 1. The van der Waals surface area contributed by atoms with Gasteiger partial charge in [-0.2, -0.15) is 0 Å². The molecular weight excluding hydrogens is 196 g/mol. The summed E-state index contributed by atoms with van der Waals surface area (Å²) in [5.74, 6) is 0.770. The first kappa shape index (κ1) is 10.3. The Bertz CT molecular complexity index is 309. The van der Waals surface area contributed by atoms with E-state index in [4.69, 9.17) is 14.6 Å². The van der Waals surface area contributed by atoms with Gasteiger partial charge in [0.15, 0.2) is 0 Å². The lowest BCUT2D eigenvalue weighted by Crippen LogP contribution is -2.38. The van der Waals surface area contributed by atoms with E-state index in [2.05, 4.69) is 0 Å². The SMILES string of the molecule is Oc1ccc(OC2OCCCC2O)cc1. The van der Waals surface area contributed by atoms with Gasteiger partial charge >= 0.3 is 0 Å². The van der Waals surface area contributed by atoms with E-state index >= 15 is 0 Å². The highest BCUT2D eigenvalue weighted by Gasteiger charge is 2.25. The van der Waals surface area contributed by atoms with E-state index in [0.717, 1.165) is 6.42 Å². The third-order valence-corrected chi connectivity index (χ3v) is 2.33. The zero-order chi connectivity index (χ0) is 10.7. The summed E-state index contributed by atoms with van der Waals surface area (Å²) in [6, 6.07) is 6.34. The first-order valence-corrected chi connectivity index (χ1v) is 5.01. The van der Waals surface area contributed by atoms with Crippen molar-refractivity contribution in [2.75, 3.05) is 6.61 Å². The maximum Gasteiger partial charge on any atom is 0.226 e. The molecule has 1 saturated heterocycles. The fraction of sp³-hybridized carbons (Fsp3) is 0.455. The third-order valence-electron chi connectivity index (χ3n) is 2.33. The molecule has 0 spiro atoms. The summed E-state index contributed by atoms with van der Waals surface area (Å²) >= 11 is 0. The quantitative estimate of drug-likeness (QED) is 0.771. The highest BCUT2D eigenvalue weighted by Crippen LogP contribution is 2.21. The first-order valence-electron chi connectivity index (χ1n) is 5.01. The number of hydrogen-bond donors (Lipinski definition) is 2. The number of aromatic hydroxyl groups is 1. The molecule has 0 aromatic heterocycles.